The third-order valence-electron chi connectivity index (χ3n) is 4.71. The SMILES string of the molecule is N#CCSc1nc2ccc(N3C(=O)[C@@H]4CCCC[C@H]4C3=O)cc2s1. The number of thioether (sulfide) groups is 1. The van der Waals surface area contributed by atoms with Gasteiger partial charge in [-0.1, -0.05) is 24.6 Å². The first-order valence-corrected chi connectivity index (χ1v) is 9.77. The van der Waals surface area contributed by atoms with Crippen LogP contribution >= 0.6 is 23.1 Å². The second-order valence-electron chi connectivity index (χ2n) is 6.09. The monoisotopic (exact) mass is 357 g/mol. The second-order valence-corrected chi connectivity index (χ2v) is 8.34. The lowest BCUT2D eigenvalue weighted by Gasteiger charge is -2.19. The van der Waals surface area contributed by atoms with Crippen LogP contribution in [0.2, 0.25) is 0 Å². The van der Waals surface area contributed by atoms with Gasteiger partial charge in [0.1, 0.15) is 0 Å². The fraction of sp³-hybridized carbons (Fsp3) is 0.412. The van der Waals surface area contributed by atoms with Gasteiger partial charge in [0, 0.05) is 0 Å². The number of hydrogen-bond acceptors (Lipinski definition) is 6. The summed E-state index contributed by atoms with van der Waals surface area (Å²) in [5.74, 6) is -0.00494. The number of nitriles is 1. The van der Waals surface area contributed by atoms with Crippen LogP contribution < -0.4 is 4.90 Å². The van der Waals surface area contributed by atoms with Gasteiger partial charge in [-0.05, 0) is 31.0 Å². The van der Waals surface area contributed by atoms with Crippen molar-refractivity contribution in [2.24, 2.45) is 11.8 Å². The van der Waals surface area contributed by atoms with Crippen molar-refractivity contribution in [3.05, 3.63) is 18.2 Å². The Morgan fingerprint density at radius 2 is 1.96 bits per heavy atom. The van der Waals surface area contributed by atoms with E-state index in [-0.39, 0.29) is 23.7 Å². The molecule has 1 aromatic carbocycles. The summed E-state index contributed by atoms with van der Waals surface area (Å²) in [6, 6.07) is 7.61. The van der Waals surface area contributed by atoms with Crippen molar-refractivity contribution in [3.63, 3.8) is 0 Å². The van der Waals surface area contributed by atoms with Gasteiger partial charge in [0.25, 0.3) is 0 Å². The largest absolute Gasteiger partial charge is 0.274 e. The van der Waals surface area contributed by atoms with Crippen LogP contribution in [0.3, 0.4) is 0 Å². The summed E-state index contributed by atoms with van der Waals surface area (Å²) in [6.45, 7) is 0. The summed E-state index contributed by atoms with van der Waals surface area (Å²) >= 11 is 2.89. The molecule has 2 aromatic rings. The molecule has 1 saturated carbocycles. The number of aromatic nitrogens is 1. The minimum Gasteiger partial charge on any atom is -0.274 e. The highest BCUT2D eigenvalue weighted by Crippen LogP contribution is 2.41. The number of hydrogen-bond donors (Lipinski definition) is 0. The van der Waals surface area contributed by atoms with E-state index in [9.17, 15) is 9.59 Å². The zero-order valence-corrected chi connectivity index (χ0v) is 14.5. The number of nitrogens with zero attached hydrogens (tertiary/aromatic N) is 3. The molecule has 0 N–H and O–H groups in total. The highest BCUT2D eigenvalue weighted by Gasteiger charge is 2.48. The molecule has 122 valence electrons. The van der Waals surface area contributed by atoms with Crippen molar-refractivity contribution >= 4 is 50.8 Å². The molecule has 5 nitrogen and oxygen atoms in total. The number of rotatable bonds is 3. The molecule has 2 amide bonds. The van der Waals surface area contributed by atoms with Crippen LogP contribution in [-0.2, 0) is 9.59 Å². The maximum absolute atomic E-state index is 12.7. The van der Waals surface area contributed by atoms with Crippen LogP contribution in [0.15, 0.2) is 22.5 Å². The van der Waals surface area contributed by atoms with Gasteiger partial charge in [-0.25, -0.2) is 4.98 Å². The summed E-state index contributed by atoms with van der Waals surface area (Å²) in [7, 11) is 0. The van der Waals surface area contributed by atoms with Gasteiger partial charge >= 0.3 is 0 Å². The van der Waals surface area contributed by atoms with Crippen molar-refractivity contribution < 1.29 is 9.59 Å². The number of carbonyl (C=O) groups excluding carboxylic acids is 2. The van der Waals surface area contributed by atoms with Crippen molar-refractivity contribution in [2.45, 2.75) is 30.0 Å². The third-order valence-corrected chi connectivity index (χ3v) is 6.74. The van der Waals surface area contributed by atoms with Crippen molar-refractivity contribution in [1.29, 1.82) is 5.26 Å². The number of carbonyl (C=O) groups is 2. The van der Waals surface area contributed by atoms with Crippen LogP contribution in [0.25, 0.3) is 10.2 Å². The summed E-state index contributed by atoms with van der Waals surface area (Å²) in [6.07, 6.45) is 3.70. The molecule has 2 fully saturated rings. The molecule has 1 aliphatic carbocycles. The Kier molecular flexibility index (Phi) is 4.02. The number of fused-ring (bicyclic) bond motifs is 2. The molecule has 2 heterocycles. The molecule has 0 unspecified atom stereocenters. The second kappa shape index (κ2) is 6.19. The molecule has 1 aromatic heterocycles. The van der Waals surface area contributed by atoms with Crippen LogP contribution in [0.4, 0.5) is 5.69 Å². The fourth-order valence-corrected chi connectivity index (χ4v) is 5.37. The highest BCUT2D eigenvalue weighted by atomic mass is 32.2. The number of benzene rings is 1. The Morgan fingerprint density at radius 1 is 1.25 bits per heavy atom. The van der Waals surface area contributed by atoms with E-state index in [0.29, 0.717) is 11.4 Å². The first-order valence-electron chi connectivity index (χ1n) is 7.97. The van der Waals surface area contributed by atoms with Crippen LogP contribution in [-0.4, -0.2) is 22.6 Å². The number of amides is 2. The molecule has 2 atom stereocenters. The van der Waals surface area contributed by atoms with Crippen LogP contribution in [0.5, 0.6) is 0 Å². The normalized spacial score (nSPS) is 23.5. The Morgan fingerprint density at radius 3 is 2.62 bits per heavy atom. The molecule has 0 spiro atoms. The van der Waals surface area contributed by atoms with E-state index in [4.69, 9.17) is 5.26 Å². The lowest BCUT2D eigenvalue weighted by Crippen LogP contribution is -2.30. The fourth-order valence-electron chi connectivity index (χ4n) is 3.60. The van der Waals surface area contributed by atoms with Gasteiger partial charge in [0.05, 0.1) is 39.6 Å². The molecule has 0 bridgehead atoms. The van der Waals surface area contributed by atoms with E-state index in [1.807, 2.05) is 12.1 Å². The predicted molar refractivity (Wildman–Crippen MR) is 93.9 cm³/mol. The van der Waals surface area contributed by atoms with E-state index < -0.39 is 0 Å². The van der Waals surface area contributed by atoms with Gasteiger partial charge < -0.3 is 0 Å². The lowest BCUT2D eigenvalue weighted by atomic mass is 9.81. The molecule has 1 aliphatic heterocycles. The standard InChI is InChI=1S/C17H15N3O2S2/c18-7-8-23-17-19-13-6-5-10(9-14(13)24-17)20-15(21)11-3-1-2-4-12(11)16(20)22/h5-6,9,11-12H,1-4,8H2/t11-,12-/m1/s1. The van der Waals surface area contributed by atoms with Crippen molar-refractivity contribution in [1.82, 2.24) is 4.98 Å². The van der Waals surface area contributed by atoms with Crippen molar-refractivity contribution in [2.75, 3.05) is 10.7 Å². The Hall–Kier alpha value is -1.91. The van der Waals surface area contributed by atoms with E-state index >= 15 is 0 Å². The summed E-state index contributed by atoms with van der Waals surface area (Å²) in [5, 5.41) is 8.67. The molecule has 2 aliphatic rings. The average molecular weight is 357 g/mol. The first kappa shape index (κ1) is 15.6. The maximum Gasteiger partial charge on any atom is 0.237 e. The van der Waals surface area contributed by atoms with Gasteiger partial charge in [-0.3, -0.25) is 14.5 Å². The topological polar surface area (TPSA) is 74.1 Å². The van der Waals surface area contributed by atoms with E-state index in [1.54, 1.807) is 6.07 Å². The number of imide groups is 1. The molecular weight excluding hydrogens is 342 g/mol. The molecule has 7 heteroatoms. The van der Waals surface area contributed by atoms with Gasteiger partial charge in [-0.15, -0.1) is 11.3 Å². The van der Waals surface area contributed by atoms with Gasteiger partial charge in [-0.2, -0.15) is 5.26 Å². The highest BCUT2D eigenvalue weighted by molar-refractivity contribution is 8.01. The average Bonchev–Trinajstić information content (AvgIpc) is 3.12. The maximum atomic E-state index is 12.7. The summed E-state index contributed by atoms with van der Waals surface area (Å²) in [5.41, 5.74) is 1.48. The number of anilines is 1. The summed E-state index contributed by atoms with van der Waals surface area (Å²) < 4.78 is 1.76. The molecule has 4 rings (SSSR count). The molecular formula is C17H15N3O2S2. The van der Waals surface area contributed by atoms with E-state index in [1.165, 1.54) is 28.0 Å². The van der Waals surface area contributed by atoms with E-state index in [2.05, 4.69) is 11.1 Å². The quantitative estimate of drug-likeness (QED) is 0.620. The summed E-state index contributed by atoms with van der Waals surface area (Å²) in [4.78, 5) is 31.2. The Labute approximate surface area is 147 Å². The minimum atomic E-state index is -0.134. The van der Waals surface area contributed by atoms with Crippen LogP contribution in [0.1, 0.15) is 25.7 Å². The lowest BCUT2D eigenvalue weighted by molar-refractivity contribution is -0.122. The Balaban J connectivity index is 1.67. The van der Waals surface area contributed by atoms with Crippen LogP contribution in [0, 0.1) is 23.2 Å². The van der Waals surface area contributed by atoms with Crippen molar-refractivity contribution in [3.8, 4) is 6.07 Å². The number of thiazole rings is 1. The van der Waals surface area contributed by atoms with Gasteiger partial charge in [0.2, 0.25) is 11.8 Å². The molecule has 0 radical (unpaired) electrons. The zero-order valence-electron chi connectivity index (χ0n) is 12.9. The predicted octanol–water partition coefficient (Wildman–Crippen LogP) is 3.59. The molecule has 24 heavy (non-hydrogen) atoms. The first-order chi connectivity index (χ1) is 11.7. The minimum absolute atomic E-state index is 0.0485. The third kappa shape index (κ3) is 2.50. The molecule has 1 saturated heterocycles. The van der Waals surface area contributed by atoms with Gasteiger partial charge in [0.15, 0.2) is 4.34 Å². The zero-order chi connectivity index (χ0) is 16.7. The smallest absolute Gasteiger partial charge is 0.237 e. The Bertz CT molecular complexity index is 846. The van der Waals surface area contributed by atoms with E-state index in [0.717, 1.165) is 40.2 Å².